The first-order valence-electron chi connectivity index (χ1n) is 4.46. The second kappa shape index (κ2) is 5.25. The predicted molar refractivity (Wildman–Crippen MR) is 74.5 cm³/mol. The SMILES string of the molecule is Clc1cccc(Oc2cc[c]c(I)c2)c1Cl. The molecule has 0 bridgehead atoms. The Bertz CT molecular complexity index is 514. The van der Waals surface area contributed by atoms with E-state index in [2.05, 4.69) is 28.7 Å². The van der Waals surface area contributed by atoms with Crippen LogP contribution in [-0.4, -0.2) is 0 Å². The summed E-state index contributed by atoms with van der Waals surface area (Å²) in [5.74, 6) is 1.27. The normalized spacial score (nSPS) is 10.2. The summed E-state index contributed by atoms with van der Waals surface area (Å²) in [6.45, 7) is 0. The molecule has 2 aromatic rings. The third-order valence-electron chi connectivity index (χ3n) is 1.88. The first kappa shape index (κ1) is 12.0. The van der Waals surface area contributed by atoms with Gasteiger partial charge in [0.15, 0.2) is 0 Å². The van der Waals surface area contributed by atoms with Gasteiger partial charge in [0.1, 0.15) is 16.5 Å². The molecule has 1 radical (unpaired) electrons. The van der Waals surface area contributed by atoms with Crippen LogP contribution < -0.4 is 4.74 Å². The highest BCUT2D eigenvalue weighted by Gasteiger charge is 2.06. The number of hydrogen-bond acceptors (Lipinski definition) is 1. The van der Waals surface area contributed by atoms with Crippen LogP contribution in [0.2, 0.25) is 10.0 Å². The van der Waals surface area contributed by atoms with Crippen LogP contribution in [0.3, 0.4) is 0 Å². The minimum absolute atomic E-state index is 0.423. The molecule has 2 rings (SSSR count). The lowest BCUT2D eigenvalue weighted by Gasteiger charge is -2.08. The van der Waals surface area contributed by atoms with E-state index in [0.29, 0.717) is 21.5 Å². The van der Waals surface area contributed by atoms with E-state index in [4.69, 9.17) is 27.9 Å². The molecule has 0 aromatic heterocycles. The summed E-state index contributed by atoms with van der Waals surface area (Å²) in [5.41, 5.74) is 0. The van der Waals surface area contributed by atoms with E-state index in [1.54, 1.807) is 24.3 Å². The molecule has 0 aliphatic carbocycles. The summed E-state index contributed by atoms with van der Waals surface area (Å²) in [5, 5.41) is 0.906. The van der Waals surface area contributed by atoms with Crippen LogP contribution in [0.25, 0.3) is 0 Å². The first-order chi connectivity index (χ1) is 7.66. The highest BCUT2D eigenvalue weighted by molar-refractivity contribution is 14.1. The lowest BCUT2D eigenvalue weighted by Crippen LogP contribution is -1.86. The molecule has 1 nitrogen and oxygen atoms in total. The van der Waals surface area contributed by atoms with Crippen LogP contribution in [0.15, 0.2) is 36.4 Å². The average Bonchev–Trinajstić information content (AvgIpc) is 2.25. The molecule has 0 fully saturated rings. The number of benzene rings is 2. The standard InChI is InChI=1S/C12H6Cl2IO/c13-10-5-2-6-11(12(10)14)16-9-4-1-3-8(15)7-9/h1-2,4-7H. The lowest BCUT2D eigenvalue weighted by molar-refractivity contribution is 0.482. The molecular formula is C12H6Cl2IO. The summed E-state index contributed by atoms with van der Waals surface area (Å²) in [6, 6.07) is 13.8. The van der Waals surface area contributed by atoms with Gasteiger partial charge in [0.25, 0.3) is 0 Å². The van der Waals surface area contributed by atoms with Crippen molar-refractivity contribution in [1.29, 1.82) is 0 Å². The third kappa shape index (κ3) is 2.81. The molecule has 0 N–H and O–H groups in total. The Morgan fingerprint density at radius 3 is 2.75 bits per heavy atom. The summed E-state index contributed by atoms with van der Waals surface area (Å²) < 4.78 is 6.61. The van der Waals surface area contributed by atoms with E-state index < -0.39 is 0 Å². The molecule has 0 unspecified atom stereocenters. The van der Waals surface area contributed by atoms with Crippen LogP contribution in [0, 0.1) is 9.64 Å². The third-order valence-corrected chi connectivity index (χ3v) is 3.31. The van der Waals surface area contributed by atoms with Gasteiger partial charge in [0.2, 0.25) is 0 Å². The van der Waals surface area contributed by atoms with Crippen LogP contribution in [0.4, 0.5) is 0 Å². The van der Waals surface area contributed by atoms with E-state index in [1.165, 1.54) is 0 Å². The Morgan fingerprint density at radius 2 is 2.00 bits per heavy atom. The zero-order valence-electron chi connectivity index (χ0n) is 8.01. The fourth-order valence-corrected chi connectivity index (χ4v) is 1.99. The van der Waals surface area contributed by atoms with Crippen molar-refractivity contribution in [1.82, 2.24) is 0 Å². The van der Waals surface area contributed by atoms with Gasteiger partial charge in [0, 0.05) is 3.57 Å². The van der Waals surface area contributed by atoms with Crippen LogP contribution in [0.5, 0.6) is 11.5 Å². The van der Waals surface area contributed by atoms with Crippen molar-refractivity contribution in [3.8, 4) is 11.5 Å². The van der Waals surface area contributed by atoms with Crippen molar-refractivity contribution >= 4 is 45.8 Å². The van der Waals surface area contributed by atoms with Gasteiger partial charge in [-0.05, 0) is 59.0 Å². The first-order valence-corrected chi connectivity index (χ1v) is 6.29. The smallest absolute Gasteiger partial charge is 0.147 e. The maximum atomic E-state index is 6.02. The quantitative estimate of drug-likeness (QED) is 0.667. The number of halogens is 3. The van der Waals surface area contributed by atoms with Crippen molar-refractivity contribution in [2.75, 3.05) is 0 Å². The van der Waals surface area contributed by atoms with Crippen molar-refractivity contribution in [3.63, 3.8) is 0 Å². The summed E-state index contributed by atoms with van der Waals surface area (Å²) in [4.78, 5) is 0. The van der Waals surface area contributed by atoms with Gasteiger partial charge in [-0.1, -0.05) is 29.3 Å². The second-order valence-electron chi connectivity index (χ2n) is 3.03. The van der Waals surface area contributed by atoms with Crippen LogP contribution in [0.1, 0.15) is 0 Å². The van der Waals surface area contributed by atoms with Crippen molar-refractivity contribution in [2.24, 2.45) is 0 Å². The lowest BCUT2D eigenvalue weighted by atomic mass is 10.3. The average molecular weight is 364 g/mol. The van der Waals surface area contributed by atoms with E-state index in [1.807, 2.05) is 12.1 Å². The highest BCUT2D eigenvalue weighted by Crippen LogP contribution is 2.34. The van der Waals surface area contributed by atoms with Gasteiger partial charge in [-0.3, -0.25) is 0 Å². The van der Waals surface area contributed by atoms with Gasteiger partial charge in [0.05, 0.1) is 5.02 Å². The molecule has 0 heterocycles. The van der Waals surface area contributed by atoms with Crippen molar-refractivity contribution < 1.29 is 4.74 Å². The van der Waals surface area contributed by atoms with Gasteiger partial charge in [-0.2, -0.15) is 0 Å². The Morgan fingerprint density at radius 1 is 1.19 bits per heavy atom. The van der Waals surface area contributed by atoms with E-state index in [0.717, 1.165) is 3.57 Å². The minimum atomic E-state index is 0.423. The molecule has 0 aliphatic rings. The molecule has 0 atom stereocenters. The van der Waals surface area contributed by atoms with Gasteiger partial charge in [-0.15, -0.1) is 0 Å². The zero-order valence-corrected chi connectivity index (χ0v) is 11.7. The fraction of sp³-hybridized carbons (Fsp3) is 0. The molecule has 2 aromatic carbocycles. The largest absolute Gasteiger partial charge is 0.456 e. The van der Waals surface area contributed by atoms with E-state index >= 15 is 0 Å². The van der Waals surface area contributed by atoms with Gasteiger partial charge < -0.3 is 4.74 Å². The number of hydrogen-bond donors (Lipinski definition) is 0. The van der Waals surface area contributed by atoms with Crippen LogP contribution in [-0.2, 0) is 0 Å². The maximum Gasteiger partial charge on any atom is 0.147 e. The molecule has 0 spiro atoms. The van der Waals surface area contributed by atoms with E-state index in [9.17, 15) is 0 Å². The minimum Gasteiger partial charge on any atom is -0.456 e. The highest BCUT2D eigenvalue weighted by atomic mass is 127. The fourth-order valence-electron chi connectivity index (χ4n) is 1.17. The molecular weight excluding hydrogens is 358 g/mol. The molecule has 0 saturated heterocycles. The summed E-state index contributed by atoms with van der Waals surface area (Å²) in [7, 11) is 0. The molecule has 0 amide bonds. The summed E-state index contributed by atoms with van der Waals surface area (Å²) >= 11 is 14.1. The molecule has 0 aliphatic heterocycles. The predicted octanol–water partition coefficient (Wildman–Crippen LogP) is 5.19. The zero-order chi connectivity index (χ0) is 11.5. The van der Waals surface area contributed by atoms with Gasteiger partial charge in [-0.25, -0.2) is 0 Å². The maximum absolute atomic E-state index is 6.02. The van der Waals surface area contributed by atoms with E-state index in [-0.39, 0.29) is 0 Å². The second-order valence-corrected chi connectivity index (χ2v) is 4.97. The van der Waals surface area contributed by atoms with Gasteiger partial charge >= 0.3 is 0 Å². The van der Waals surface area contributed by atoms with Crippen molar-refractivity contribution in [2.45, 2.75) is 0 Å². The number of rotatable bonds is 2. The Balaban J connectivity index is 2.31. The summed E-state index contributed by atoms with van der Waals surface area (Å²) in [6.07, 6.45) is 0. The monoisotopic (exact) mass is 363 g/mol. The Kier molecular flexibility index (Phi) is 3.95. The Hall–Kier alpha value is -0.450. The number of ether oxygens (including phenoxy) is 1. The molecule has 0 saturated carbocycles. The van der Waals surface area contributed by atoms with Crippen molar-refractivity contribution in [3.05, 3.63) is 56.1 Å². The topological polar surface area (TPSA) is 9.23 Å². The molecule has 4 heteroatoms. The van der Waals surface area contributed by atoms with Crippen LogP contribution >= 0.6 is 45.8 Å². The molecule has 16 heavy (non-hydrogen) atoms. The molecule has 81 valence electrons. The Labute approximate surface area is 117 Å².